The van der Waals surface area contributed by atoms with E-state index in [4.69, 9.17) is 5.73 Å². The summed E-state index contributed by atoms with van der Waals surface area (Å²) in [6, 6.07) is 8.11. The molecule has 0 saturated carbocycles. The number of primary amides is 1. The van der Waals surface area contributed by atoms with Gasteiger partial charge in [0.15, 0.2) is 0 Å². The van der Waals surface area contributed by atoms with Crippen LogP contribution in [0.25, 0.3) is 0 Å². The first-order chi connectivity index (χ1) is 9.15. The van der Waals surface area contributed by atoms with Gasteiger partial charge in [-0.15, -0.1) is 0 Å². The topological polar surface area (TPSA) is 67.2 Å². The molecule has 0 heterocycles. The molecule has 102 valence electrons. The molecule has 2 unspecified atom stereocenters. The Labute approximate surface area is 114 Å². The minimum absolute atomic E-state index is 0.305. The van der Waals surface area contributed by atoms with E-state index >= 15 is 0 Å². The van der Waals surface area contributed by atoms with Crippen LogP contribution in [0.15, 0.2) is 36.4 Å². The average molecular weight is 259 g/mol. The normalized spacial score (nSPS) is 19.9. The van der Waals surface area contributed by atoms with Crippen LogP contribution < -0.4 is 16.4 Å². The van der Waals surface area contributed by atoms with E-state index in [0.29, 0.717) is 12.1 Å². The number of carbonyl (C=O) groups is 1. The number of allylic oxidation sites excluding steroid dienone is 1. The van der Waals surface area contributed by atoms with Crippen molar-refractivity contribution in [1.82, 2.24) is 5.32 Å². The monoisotopic (exact) mass is 259 g/mol. The van der Waals surface area contributed by atoms with E-state index < -0.39 is 6.03 Å². The van der Waals surface area contributed by atoms with Crippen LogP contribution in [-0.4, -0.2) is 12.1 Å². The standard InChI is InChI=1S/C15H21N3O/c1-11(17-13-5-3-2-4-6-13)12-7-9-14(10-8-12)18-15(16)19/h2-3,7-11,13,17H,4-6H2,1H3,(H3,16,18,19). The molecule has 2 rings (SSSR count). The lowest BCUT2D eigenvalue weighted by atomic mass is 9.99. The Balaban J connectivity index is 1.93. The summed E-state index contributed by atoms with van der Waals surface area (Å²) in [7, 11) is 0. The van der Waals surface area contributed by atoms with Crippen LogP contribution in [0.3, 0.4) is 0 Å². The van der Waals surface area contributed by atoms with Gasteiger partial charge in [-0.3, -0.25) is 0 Å². The van der Waals surface area contributed by atoms with E-state index in [0.717, 1.165) is 18.5 Å². The SMILES string of the molecule is CC(NC1CC=CCC1)c1ccc(NC(N)=O)cc1. The van der Waals surface area contributed by atoms with Gasteiger partial charge in [-0.05, 0) is 43.9 Å². The smallest absolute Gasteiger partial charge is 0.316 e. The molecule has 2 atom stereocenters. The molecule has 4 N–H and O–H groups in total. The van der Waals surface area contributed by atoms with E-state index in [2.05, 4.69) is 29.7 Å². The average Bonchev–Trinajstić information content (AvgIpc) is 2.40. The predicted octanol–water partition coefficient (Wildman–Crippen LogP) is 2.94. The highest BCUT2D eigenvalue weighted by atomic mass is 16.2. The summed E-state index contributed by atoms with van der Waals surface area (Å²) in [6.45, 7) is 2.16. The van der Waals surface area contributed by atoms with E-state index in [1.807, 2.05) is 24.3 Å². The summed E-state index contributed by atoms with van der Waals surface area (Å²) in [5.41, 5.74) is 7.02. The van der Waals surface area contributed by atoms with E-state index in [9.17, 15) is 4.79 Å². The Hall–Kier alpha value is -1.81. The molecule has 0 fully saturated rings. The number of amides is 2. The fourth-order valence-electron chi connectivity index (χ4n) is 2.39. The molecule has 1 aliphatic rings. The van der Waals surface area contributed by atoms with Crippen LogP contribution in [0.5, 0.6) is 0 Å². The molecule has 0 saturated heterocycles. The maximum absolute atomic E-state index is 10.7. The first kappa shape index (κ1) is 13.6. The Morgan fingerprint density at radius 3 is 2.63 bits per heavy atom. The van der Waals surface area contributed by atoms with E-state index in [-0.39, 0.29) is 0 Å². The van der Waals surface area contributed by atoms with Gasteiger partial charge in [-0.1, -0.05) is 24.3 Å². The van der Waals surface area contributed by atoms with E-state index in [1.54, 1.807) is 0 Å². The molecule has 19 heavy (non-hydrogen) atoms. The molecule has 1 aromatic rings. The number of carbonyl (C=O) groups excluding carboxylic acids is 1. The zero-order valence-corrected chi connectivity index (χ0v) is 11.2. The molecule has 0 bridgehead atoms. The Bertz CT molecular complexity index is 453. The zero-order chi connectivity index (χ0) is 13.7. The van der Waals surface area contributed by atoms with E-state index in [1.165, 1.54) is 12.0 Å². The Morgan fingerprint density at radius 1 is 1.32 bits per heavy atom. The minimum atomic E-state index is -0.534. The minimum Gasteiger partial charge on any atom is -0.351 e. The van der Waals surface area contributed by atoms with Crippen molar-refractivity contribution < 1.29 is 4.79 Å². The third kappa shape index (κ3) is 4.10. The lowest BCUT2D eigenvalue weighted by Gasteiger charge is -2.24. The van der Waals surface area contributed by atoms with Crippen molar-refractivity contribution in [3.05, 3.63) is 42.0 Å². The lowest BCUT2D eigenvalue weighted by Crippen LogP contribution is -2.32. The van der Waals surface area contributed by atoms with Gasteiger partial charge in [0, 0.05) is 17.8 Å². The summed E-state index contributed by atoms with van der Waals surface area (Å²) in [4.78, 5) is 10.7. The quantitative estimate of drug-likeness (QED) is 0.728. The third-order valence-corrected chi connectivity index (χ3v) is 3.43. The maximum Gasteiger partial charge on any atom is 0.316 e. The third-order valence-electron chi connectivity index (χ3n) is 3.43. The van der Waals surface area contributed by atoms with Gasteiger partial charge >= 0.3 is 6.03 Å². The number of rotatable bonds is 4. The molecule has 1 aromatic carbocycles. The highest BCUT2D eigenvalue weighted by Gasteiger charge is 2.13. The van der Waals surface area contributed by atoms with Gasteiger partial charge < -0.3 is 16.4 Å². The Morgan fingerprint density at radius 2 is 2.05 bits per heavy atom. The van der Waals surface area contributed by atoms with Gasteiger partial charge in [0.1, 0.15) is 0 Å². The van der Waals surface area contributed by atoms with Crippen LogP contribution in [-0.2, 0) is 0 Å². The molecule has 4 nitrogen and oxygen atoms in total. The summed E-state index contributed by atoms with van der Waals surface area (Å²) in [5, 5.41) is 6.19. The molecular weight excluding hydrogens is 238 g/mol. The fourth-order valence-corrected chi connectivity index (χ4v) is 2.39. The van der Waals surface area contributed by atoms with Gasteiger partial charge in [-0.25, -0.2) is 4.79 Å². The van der Waals surface area contributed by atoms with Gasteiger partial charge in [-0.2, -0.15) is 0 Å². The lowest BCUT2D eigenvalue weighted by molar-refractivity contribution is 0.259. The highest BCUT2D eigenvalue weighted by Crippen LogP contribution is 2.19. The second-order valence-corrected chi connectivity index (χ2v) is 4.98. The predicted molar refractivity (Wildman–Crippen MR) is 78.0 cm³/mol. The van der Waals surface area contributed by atoms with Crippen molar-refractivity contribution in [2.75, 3.05) is 5.32 Å². The van der Waals surface area contributed by atoms with Crippen LogP contribution in [0.1, 0.15) is 37.8 Å². The summed E-state index contributed by atoms with van der Waals surface area (Å²) in [6.07, 6.45) is 7.95. The number of hydrogen-bond acceptors (Lipinski definition) is 2. The van der Waals surface area contributed by atoms with Crippen LogP contribution in [0.2, 0.25) is 0 Å². The number of hydrogen-bond donors (Lipinski definition) is 3. The van der Waals surface area contributed by atoms with Gasteiger partial charge in [0.05, 0.1) is 0 Å². The molecular formula is C15H21N3O. The fraction of sp³-hybridized carbons (Fsp3) is 0.400. The Kier molecular flexibility index (Phi) is 4.58. The zero-order valence-electron chi connectivity index (χ0n) is 11.2. The summed E-state index contributed by atoms with van der Waals surface area (Å²) >= 11 is 0. The summed E-state index contributed by atoms with van der Waals surface area (Å²) in [5.74, 6) is 0. The number of nitrogens with one attached hydrogen (secondary N) is 2. The van der Waals surface area contributed by atoms with Crippen molar-refractivity contribution in [3.63, 3.8) is 0 Å². The molecule has 2 amide bonds. The molecule has 0 aromatic heterocycles. The number of benzene rings is 1. The van der Waals surface area contributed by atoms with Crippen molar-refractivity contribution in [1.29, 1.82) is 0 Å². The largest absolute Gasteiger partial charge is 0.351 e. The van der Waals surface area contributed by atoms with Crippen LogP contribution in [0.4, 0.5) is 10.5 Å². The second kappa shape index (κ2) is 6.38. The molecule has 4 heteroatoms. The van der Waals surface area contributed by atoms with Crippen LogP contribution in [0, 0.1) is 0 Å². The van der Waals surface area contributed by atoms with Crippen molar-refractivity contribution >= 4 is 11.7 Å². The van der Waals surface area contributed by atoms with Crippen molar-refractivity contribution in [3.8, 4) is 0 Å². The van der Waals surface area contributed by atoms with Crippen molar-refractivity contribution in [2.24, 2.45) is 5.73 Å². The maximum atomic E-state index is 10.7. The highest BCUT2D eigenvalue weighted by molar-refractivity contribution is 5.87. The molecule has 0 spiro atoms. The summed E-state index contributed by atoms with van der Waals surface area (Å²) < 4.78 is 0. The number of urea groups is 1. The van der Waals surface area contributed by atoms with Gasteiger partial charge in [0.2, 0.25) is 0 Å². The first-order valence-corrected chi connectivity index (χ1v) is 6.72. The first-order valence-electron chi connectivity index (χ1n) is 6.72. The van der Waals surface area contributed by atoms with Gasteiger partial charge in [0.25, 0.3) is 0 Å². The number of anilines is 1. The molecule has 0 radical (unpaired) electrons. The number of nitrogens with two attached hydrogens (primary N) is 1. The molecule has 0 aliphatic heterocycles. The molecule has 1 aliphatic carbocycles. The van der Waals surface area contributed by atoms with Crippen LogP contribution >= 0.6 is 0 Å². The second-order valence-electron chi connectivity index (χ2n) is 4.98. The van der Waals surface area contributed by atoms with Crippen molar-refractivity contribution in [2.45, 2.75) is 38.3 Å².